The first-order chi connectivity index (χ1) is 34.0. The fraction of sp³-hybridized carbons (Fsp3) is 0.698. The van der Waals surface area contributed by atoms with Crippen LogP contribution >= 0.6 is 0 Å². The Hall–Kier alpha value is -3.67. The van der Waals surface area contributed by atoms with Crippen molar-refractivity contribution in [2.45, 2.75) is 271 Å². The Labute approximate surface area is 426 Å². The Kier molecular flexibility index (Phi) is 53.9. The van der Waals surface area contributed by atoms with Crippen LogP contribution in [0.3, 0.4) is 0 Å². The molecule has 0 fully saturated rings. The van der Waals surface area contributed by atoms with E-state index in [0.717, 1.165) is 70.6 Å². The third-order valence-corrected chi connectivity index (χ3v) is 12.2. The minimum Gasteiger partial charge on any atom is -0.462 e. The lowest BCUT2D eigenvalue weighted by molar-refractivity contribution is -0.167. The molecule has 0 aromatic rings. The van der Waals surface area contributed by atoms with Gasteiger partial charge in [0.1, 0.15) is 13.2 Å². The smallest absolute Gasteiger partial charge is 0.306 e. The highest BCUT2D eigenvalue weighted by Crippen LogP contribution is 2.15. The number of carbonyl (C=O) groups is 3. The summed E-state index contributed by atoms with van der Waals surface area (Å²) in [5.41, 5.74) is 0. The van der Waals surface area contributed by atoms with Crippen LogP contribution in [0.1, 0.15) is 265 Å². The maximum atomic E-state index is 12.9. The van der Waals surface area contributed by atoms with Gasteiger partial charge in [-0.3, -0.25) is 14.4 Å². The van der Waals surface area contributed by atoms with Crippen molar-refractivity contribution in [3.05, 3.63) is 97.2 Å². The SMILES string of the molecule is CC/C=C/C=C/C=C/C=C/CCCCCC(=O)OCC(COC(=O)CCCCCCCCCCCC/C=C/C=C/CCCCC)OC(=O)CCCCCCCCCCCC/C=C/C=C/CCCCC. The molecule has 0 amide bonds. The van der Waals surface area contributed by atoms with E-state index in [4.69, 9.17) is 14.2 Å². The summed E-state index contributed by atoms with van der Waals surface area (Å²) >= 11 is 0. The van der Waals surface area contributed by atoms with Gasteiger partial charge in [0.25, 0.3) is 0 Å². The number of carbonyl (C=O) groups excluding carboxylic acids is 3. The molecular formula is C63H106O6. The van der Waals surface area contributed by atoms with Gasteiger partial charge in [0.05, 0.1) is 0 Å². The van der Waals surface area contributed by atoms with E-state index in [0.29, 0.717) is 19.3 Å². The van der Waals surface area contributed by atoms with E-state index in [9.17, 15) is 14.4 Å². The van der Waals surface area contributed by atoms with Crippen molar-refractivity contribution in [1.29, 1.82) is 0 Å². The van der Waals surface area contributed by atoms with E-state index in [1.165, 1.54) is 154 Å². The lowest BCUT2D eigenvalue weighted by Crippen LogP contribution is -2.30. The van der Waals surface area contributed by atoms with E-state index >= 15 is 0 Å². The van der Waals surface area contributed by atoms with Crippen molar-refractivity contribution in [3.63, 3.8) is 0 Å². The van der Waals surface area contributed by atoms with Crippen LogP contribution in [0.2, 0.25) is 0 Å². The Morgan fingerprint density at radius 2 is 0.565 bits per heavy atom. The van der Waals surface area contributed by atoms with Gasteiger partial charge in [-0.05, 0) is 89.9 Å². The number of allylic oxidation sites excluding steroid dienone is 16. The Bertz CT molecular complexity index is 1380. The second-order valence-corrected chi connectivity index (χ2v) is 19.0. The standard InChI is InChI=1S/C63H106O6/c1-4-7-10-13-16-19-22-25-27-29-31-33-35-38-41-44-47-50-53-56-62(65)68-59-60(58-67-61(64)55-52-49-46-43-40-37-24-21-18-15-12-9-6-3)69-63(66)57-54-51-48-45-42-39-36-34-32-30-28-26-23-20-17-14-11-8-5-2/h9,12,15-26,37,40,60H,4-8,10-11,13-14,27-36,38-39,41-59H2,1-3H3/b12-9+,18-15+,19-16+,20-17+,24-21+,25-22+,26-23+,40-37+. The fourth-order valence-electron chi connectivity index (χ4n) is 7.85. The molecule has 6 nitrogen and oxygen atoms in total. The molecule has 394 valence electrons. The highest BCUT2D eigenvalue weighted by atomic mass is 16.6. The molecule has 0 aliphatic rings. The van der Waals surface area contributed by atoms with Gasteiger partial charge < -0.3 is 14.2 Å². The maximum absolute atomic E-state index is 12.9. The van der Waals surface area contributed by atoms with Crippen LogP contribution in [0, 0.1) is 0 Å². The van der Waals surface area contributed by atoms with Gasteiger partial charge in [-0.1, -0.05) is 253 Å². The summed E-state index contributed by atoms with van der Waals surface area (Å²) in [6.07, 6.45) is 75.4. The van der Waals surface area contributed by atoms with Crippen LogP contribution in [0.5, 0.6) is 0 Å². The monoisotopic (exact) mass is 959 g/mol. The van der Waals surface area contributed by atoms with Gasteiger partial charge in [0, 0.05) is 19.3 Å². The molecule has 0 bridgehead atoms. The van der Waals surface area contributed by atoms with E-state index in [-0.39, 0.29) is 31.1 Å². The minimum absolute atomic E-state index is 0.0937. The second kappa shape index (κ2) is 56.9. The summed E-state index contributed by atoms with van der Waals surface area (Å²) in [5.74, 6) is -0.937. The number of ether oxygens (including phenoxy) is 3. The Balaban J connectivity index is 4.41. The average Bonchev–Trinajstić information content (AvgIpc) is 3.35. The minimum atomic E-state index is -0.798. The highest BCUT2D eigenvalue weighted by molar-refractivity contribution is 5.71. The number of hydrogen-bond acceptors (Lipinski definition) is 6. The van der Waals surface area contributed by atoms with Gasteiger partial charge in [-0.2, -0.15) is 0 Å². The third kappa shape index (κ3) is 55.1. The molecule has 69 heavy (non-hydrogen) atoms. The molecule has 0 aromatic heterocycles. The fourth-order valence-corrected chi connectivity index (χ4v) is 7.85. The van der Waals surface area contributed by atoms with Gasteiger partial charge in [0.2, 0.25) is 0 Å². The van der Waals surface area contributed by atoms with Crippen molar-refractivity contribution in [1.82, 2.24) is 0 Å². The molecule has 0 saturated heterocycles. The zero-order chi connectivity index (χ0) is 50.0. The molecule has 0 N–H and O–H groups in total. The zero-order valence-corrected chi connectivity index (χ0v) is 45.0. The first-order valence-corrected chi connectivity index (χ1v) is 28.8. The Morgan fingerprint density at radius 3 is 0.913 bits per heavy atom. The van der Waals surface area contributed by atoms with E-state index in [1.807, 2.05) is 30.4 Å². The molecule has 0 spiro atoms. The lowest BCUT2D eigenvalue weighted by Gasteiger charge is -2.18. The molecule has 0 aromatic carbocycles. The van der Waals surface area contributed by atoms with Gasteiger partial charge in [-0.15, -0.1) is 0 Å². The van der Waals surface area contributed by atoms with Crippen molar-refractivity contribution < 1.29 is 28.6 Å². The predicted molar refractivity (Wildman–Crippen MR) is 297 cm³/mol. The summed E-state index contributed by atoms with van der Waals surface area (Å²) in [6.45, 7) is 6.41. The van der Waals surface area contributed by atoms with Crippen LogP contribution in [0.15, 0.2) is 97.2 Å². The zero-order valence-electron chi connectivity index (χ0n) is 45.0. The molecule has 0 rings (SSSR count). The predicted octanol–water partition coefficient (Wildman–Crippen LogP) is 19.3. The molecule has 6 heteroatoms. The normalized spacial score (nSPS) is 12.8. The summed E-state index contributed by atoms with van der Waals surface area (Å²) in [5, 5.41) is 0. The van der Waals surface area contributed by atoms with Crippen molar-refractivity contribution in [2.24, 2.45) is 0 Å². The van der Waals surface area contributed by atoms with E-state index < -0.39 is 6.10 Å². The quantitative estimate of drug-likeness (QED) is 0.0262. The van der Waals surface area contributed by atoms with Gasteiger partial charge in [-0.25, -0.2) is 0 Å². The van der Waals surface area contributed by atoms with Crippen LogP contribution < -0.4 is 0 Å². The van der Waals surface area contributed by atoms with Crippen LogP contribution in [0.25, 0.3) is 0 Å². The molecule has 0 radical (unpaired) electrons. The molecular weight excluding hydrogens is 853 g/mol. The molecule has 1 unspecified atom stereocenters. The largest absolute Gasteiger partial charge is 0.462 e. The van der Waals surface area contributed by atoms with E-state index in [1.54, 1.807) is 0 Å². The van der Waals surface area contributed by atoms with Crippen molar-refractivity contribution >= 4 is 17.9 Å². The molecule has 0 aliphatic carbocycles. The molecule has 0 aliphatic heterocycles. The van der Waals surface area contributed by atoms with Crippen LogP contribution in [-0.4, -0.2) is 37.2 Å². The summed E-state index contributed by atoms with van der Waals surface area (Å²) < 4.78 is 16.8. The Morgan fingerprint density at radius 1 is 0.304 bits per heavy atom. The number of unbranched alkanes of at least 4 members (excludes halogenated alkanes) is 29. The summed E-state index contributed by atoms with van der Waals surface area (Å²) in [4.78, 5) is 38.1. The van der Waals surface area contributed by atoms with Crippen molar-refractivity contribution in [3.8, 4) is 0 Å². The van der Waals surface area contributed by atoms with Crippen LogP contribution in [-0.2, 0) is 28.6 Å². The topological polar surface area (TPSA) is 78.9 Å². The molecule has 0 heterocycles. The number of hydrogen-bond donors (Lipinski definition) is 0. The third-order valence-electron chi connectivity index (χ3n) is 12.2. The summed E-state index contributed by atoms with van der Waals surface area (Å²) in [7, 11) is 0. The summed E-state index contributed by atoms with van der Waals surface area (Å²) in [6, 6.07) is 0. The first-order valence-electron chi connectivity index (χ1n) is 28.8. The van der Waals surface area contributed by atoms with E-state index in [2.05, 4.69) is 87.6 Å². The first kappa shape index (κ1) is 65.3. The molecule has 0 saturated carbocycles. The van der Waals surface area contributed by atoms with Crippen LogP contribution in [0.4, 0.5) is 0 Å². The number of rotatable bonds is 51. The lowest BCUT2D eigenvalue weighted by atomic mass is 10.1. The molecule has 1 atom stereocenters. The van der Waals surface area contributed by atoms with Gasteiger partial charge >= 0.3 is 17.9 Å². The van der Waals surface area contributed by atoms with Gasteiger partial charge in [0.15, 0.2) is 6.10 Å². The van der Waals surface area contributed by atoms with Crippen molar-refractivity contribution in [2.75, 3.05) is 13.2 Å². The highest BCUT2D eigenvalue weighted by Gasteiger charge is 2.19. The maximum Gasteiger partial charge on any atom is 0.306 e. The number of esters is 3. The average molecular weight is 960 g/mol. The second-order valence-electron chi connectivity index (χ2n) is 19.0.